The minimum Gasteiger partial charge on any atom is -0.342 e. The average molecular weight is 388 g/mol. The molecule has 3 heterocycles. The molecule has 1 aromatic heterocycles. The molecule has 1 aromatic carbocycles. The summed E-state index contributed by atoms with van der Waals surface area (Å²) >= 11 is 0. The summed E-state index contributed by atoms with van der Waals surface area (Å²) in [6.07, 6.45) is 0.150. The van der Waals surface area contributed by atoms with E-state index in [-0.39, 0.29) is 12.3 Å². The number of halogens is 2. The first-order valence-corrected chi connectivity index (χ1v) is 9.79. The van der Waals surface area contributed by atoms with E-state index in [1.807, 2.05) is 11.0 Å². The van der Waals surface area contributed by atoms with Gasteiger partial charge in [0.25, 0.3) is 0 Å². The lowest BCUT2D eigenvalue weighted by molar-refractivity contribution is -0.129. The molecule has 0 bridgehead atoms. The number of fused-ring (bicyclic) bond motifs is 1. The number of likely N-dealkylation sites (tertiary alicyclic amines) is 2. The number of alkyl halides is 2. The van der Waals surface area contributed by atoms with Crippen molar-refractivity contribution in [2.45, 2.75) is 33.4 Å². The third-order valence-corrected chi connectivity index (χ3v) is 6.15. The summed E-state index contributed by atoms with van der Waals surface area (Å²) in [5.74, 6) is 1.02. The topological polar surface area (TPSA) is 41.4 Å². The molecular formula is C21H26F2N4O. The van der Waals surface area contributed by atoms with Gasteiger partial charge in [0, 0.05) is 44.0 Å². The van der Waals surface area contributed by atoms with E-state index in [2.05, 4.69) is 34.3 Å². The minimum atomic E-state index is -2.68. The van der Waals surface area contributed by atoms with Crippen LogP contribution in [0.5, 0.6) is 0 Å². The van der Waals surface area contributed by atoms with Crippen LogP contribution in [0.1, 0.15) is 29.1 Å². The molecule has 150 valence electrons. The number of hydrogen-bond acceptors (Lipinski definition) is 3. The van der Waals surface area contributed by atoms with Gasteiger partial charge in [-0.1, -0.05) is 30.3 Å². The zero-order chi connectivity index (χ0) is 19.8. The van der Waals surface area contributed by atoms with Crippen molar-refractivity contribution in [3.63, 3.8) is 0 Å². The van der Waals surface area contributed by atoms with Crippen LogP contribution in [-0.2, 0) is 17.8 Å². The Bertz CT molecular complexity index is 838. The van der Waals surface area contributed by atoms with Gasteiger partial charge in [-0.25, -0.2) is 4.68 Å². The van der Waals surface area contributed by atoms with Gasteiger partial charge >= 0.3 is 6.55 Å². The van der Waals surface area contributed by atoms with Crippen molar-refractivity contribution in [2.24, 2.45) is 11.8 Å². The van der Waals surface area contributed by atoms with Crippen molar-refractivity contribution in [3.05, 3.63) is 52.8 Å². The molecule has 0 spiro atoms. The van der Waals surface area contributed by atoms with E-state index in [1.165, 1.54) is 5.56 Å². The molecule has 2 aliphatic heterocycles. The van der Waals surface area contributed by atoms with Crippen molar-refractivity contribution < 1.29 is 13.6 Å². The standard InChI is InChI=1S/C21H26F2N4O/c1-14-19(15(2)27(24-14)21(22)23)8-20(28)26-12-17-10-25(11-18(17)13-26)9-16-6-4-3-5-7-16/h3-7,17-18,21H,8-13H2,1-2H3. The zero-order valence-electron chi connectivity index (χ0n) is 16.3. The highest BCUT2D eigenvalue weighted by Gasteiger charge is 2.41. The van der Waals surface area contributed by atoms with E-state index < -0.39 is 6.55 Å². The third kappa shape index (κ3) is 3.68. The van der Waals surface area contributed by atoms with E-state index in [9.17, 15) is 13.6 Å². The number of benzene rings is 1. The maximum absolute atomic E-state index is 13.0. The molecule has 2 aromatic rings. The molecule has 7 heteroatoms. The van der Waals surface area contributed by atoms with E-state index in [0.29, 0.717) is 33.5 Å². The molecular weight excluding hydrogens is 362 g/mol. The van der Waals surface area contributed by atoms with Crippen molar-refractivity contribution in [3.8, 4) is 0 Å². The number of rotatable bonds is 5. The summed E-state index contributed by atoms with van der Waals surface area (Å²) in [4.78, 5) is 17.2. The maximum atomic E-state index is 13.0. The molecule has 2 atom stereocenters. The molecule has 2 fully saturated rings. The number of aryl methyl sites for hydroxylation is 1. The Morgan fingerprint density at radius 3 is 2.32 bits per heavy atom. The molecule has 0 saturated carbocycles. The van der Waals surface area contributed by atoms with Gasteiger partial charge in [-0.2, -0.15) is 13.9 Å². The van der Waals surface area contributed by atoms with E-state index in [4.69, 9.17) is 0 Å². The van der Waals surface area contributed by atoms with Gasteiger partial charge in [-0.3, -0.25) is 9.69 Å². The van der Waals surface area contributed by atoms with Gasteiger partial charge in [0.2, 0.25) is 5.91 Å². The van der Waals surface area contributed by atoms with E-state index >= 15 is 0 Å². The van der Waals surface area contributed by atoms with Crippen LogP contribution >= 0.6 is 0 Å². The lowest BCUT2D eigenvalue weighted by Gasteiger charge is -2.22. The lowest BCUT2D eigenvalue weighted by Crippen LogP contribution is -2.34. The van der Waals surface area contributed by atoms with Crippen LogP contribution < -0.4 is 0 Å². The number of carbonyl (C=O) groups excluding carboxylic acids is 1. The molecule has 2 aliphatic rings. The molecule has 0 radical (unpaired) electrons. The Morgan fingerprint density at radius 2 is 1.75 bits per heavy atom. The second kappa shape index (κ2) is 7.62. The van der Waals surface area contributed by atoms with Crippen molar-refractivity contribution >= 4 is 5.91 Å². The van der Waals surface area contributed by atoms with Crippen molar-refractivity contribution in [1.82, 2.24) is 19.6 Å². The monoisotopic (exact) mass is 388 g/mol. The van der Waals surface area contributed by atoms with Crippen LogP contribution in [0.3, 0.4) is 0 Å². The van der Waals surface area contributed by atoms with E-state index in [1.54, 1.807) is 13.8 Å². The first kappa shape index (κ1) is 19.1. The first-order chi connectivity index (χ1) is 13.4. The number of nitrogens with zero attached hydrogens (tertiary/aromatic N) is 4. The molecule has 1 amide bonds. The summed E-state index contributed by atoms with van der Waals surface area (Å²) in [5, 5.41) is 3.89. The quantitative estimate of drug-likeness (QED) is 0.791. The Balaban J connectivity index is 1.34. The van der Waals surface area contributed by atoms with Crippen LogP contribution in [0.2, 0.25) is 0 Å². The van der Waals surface area contributed by atoms with Gasteiger partial charge in [-0.05, 0) is 31.2 Å². The Labute approximate surface area is 163 Å². The van der Waals surface area contributed by atoms with Gasteiger partial charge in [-0.15, -0.1) is 0 Å². The Kier molecular flexibility index (Phi) is 5.19. The number of hydrogen-bond donors (Lipinski definition) is 0. The summed E-state index contributed by atoms with van der Waals surface area (Å²) in [5.41, 5.74) is 2.85. The second-order valence-electron chi connectivity index (χ2n) is 8.05. The molecule has 0 aliphatic carbocycles. The predicted octanol–water partition coefficient (Wildman–Crippen LogP) is 3.03. The highest BCUT2D eigenvalue weighted by atomic mass is 19.3. The van der Waals surface area contributed by atoms with Gasteiger partial charge in [0.15, 0.2) is 0 Å². The number of carbonyl (C=O) groups is 1. The largest absolute Gasteiger partial charge is 0.342 e. The molecule has 28 heavy (non-hydrogen) atoms. The highest BCUT2D eigenvalue weighted by Crippen LogP contribution is 2.32. The SMILES string of the molecule is Cc1nn(C(F)F)c(C)c1CC(=O)N1CC2CN(Cc3ccccc3)CC2C1. The third-order valence-electron chi connectivity index (χ3n) is 6.15. The Morgan fingerprint density at radius 1 is 1.11 bits per heavy atom. The number of aromatic nitrogens is 2. The molecule has 2 unspecified atom stereocenters. The van der Waals surface area contributed by atoms with Crippen LogP contribution in [0.15, 0.2) is 30.3 Å². The zero-order valence-corrected chi connectivity index (χ0v) is 16.3. The van der Waals surface area contributed by atoms with Gasteiger partial charge in [0.05, 0.1) is 12.1 Å². The molecule has 2 saturated heterocycles. The molecule has 5 nitrogen and oxygen atoms in total. The smallest absolute Gasteiger partial charge is 0.333 e. The summed E-state index contributed by atoms with van der Waals surface area (Å²) in [7, 11) is 0. The maximum Gasteiger partial charge on any atom is 0.333 e. The Hall–Kier alpha value is -2.28. The molecule has 4 rings (SSSR count). The summed E-state index contributed by atoms with van der Waals surface area (Å²) < 4.78 is 26.7. The predicted molar refractivity (Wildman–Crippen MR) is 102 cm³/mol. The van der Waals surface area contributed by atoms with Crippen LogP contribution in [0.25, 0.3) is 0 Å². The lowest BCUT2D eigenvalue weighted by atomic mass is 10.0. The van der Waals surface area contributed by atoms with Crippen molar-refractivity contribution in [1.29, 1.82) is 0 Å². The molecule has 0 N–H and O–H groups in total. The van der Waals surface area contributed by atoms with E-state index in [0.717, 1.165) is 32.7 Å². The van der Waals surface area contributed by atoms with Crippen LogP contribution in [0.4, 0.5) is 8.78 Å². The fourth-order valence-corrected chi connectivity index (χ4v) is 4.67. The number of amides is 1. The highest BCUT2D eigenvalue weighted by molar-refractivity contribution is 5.79. The summed E-state index contributed by atoms with van der Waals surface area (Å²) in [6.45, 7) is 5.10. The summed E-state index contributed by atoms with van der Waals surface area (Å²) in [6, 6.07) is 10.4. The van der Waals surface area contributed by atoms with Crippen LogP contribution in [-0.4, -0.2) is 51.7 Å². The fourth-order valence-electron chi connectivity index (χ4n) is 4.67. The fraction of sp³-hybridized carbons (Fsp3) is 0.524. The van der Waals surface area contributed by atoms with Gasteiger partial charge < -0.3 is 4.90 Å². The van der Waals surface area contributed by atoms with Gasteiger partial charge in [0.1, 0.15) is 0 Å². The minimum absolute atomic E-state index is 0.0176. The van der Waals surface area contributed by atoms with Crippen molar-refractivity contribution in [2.75, 3.05) is 26.2 Å². The normalized spacial score (nSPS) is 22.2. The second-order valence-corrected chi connectivity index (χ2v) is 8.05. The first-order valence-electron chi connectivity index (χ1n) is 9.79. The van der Waals surface area contributed by atoms with Crippen LogP contribution in [0, 0.1) is 25.7 Å². The average Bonchev–Trinajstić information content (AvgIpc) is 3.29.